The van der Waals surface area contributed by atoms with E-state index in [2.05, 4.69) is 20.7 Å². The number of hydrogen-bond acceptors (Lipinski definition) is 5. The number of carbonyl (C=O) groups is 2. The lowest BCUT2D eigenvalue weighted by atomic mass is 9.81. The van der Waals surface area contributed by atoms with Gasteiger partial charge in [-0.2, -0.15) is 5.10 Å². The van der Waals surface area contributed by atoms with E-state index in [1.54, 1.807) is 23.4 Å². The average molecular weight is 498 g/mol. The van der Waals surface area contributed by atoms with Crippen LogP contribution in [0.1, 0.15) is 55.8 Å². The van der Waals surface area contributed by atoms with Crippen LogP contribution in [0, 0.1) is 5.92 Å². The van der Waals surface area contributed by atoms with Crippen molar-refractivity contribution in [2.75, 3.05) is 13.1 Å². The Balaban J connectivity index is 1.34. The molecular weight excluding hydrogens is 472 g/mol. The predicted octanol–water partition coefficient (Wildman–Crippen LogP) is 3.65. The minimum absolute atomic E-state index is 0.157. The molecule has 1 atom stereocenters. The van der Waals surface area contributed by atoms with E-state index in [4.69, 9.17) is 4.74 Å². The van der Waals surface area contributed by atoms with Gasteiger partial charge in [0, 0.05) is 45.3 Å². The van der Waals surface area contributed by atoms with Crippen LogP contribution in [-0.4, -0.2) is 62.7 Å². The van der Waals surface area contributed by atoms with Crippen molar-refractivity contribution in [3.8, 4) is 0 Å². The third-order valence-electron chi connectivity index (χ3n) is 6.87. The van der Waals surface area contributed by atoms with Crippen LogP contribution < -0.4 is 10.6 Å². The van der Waals surface area contributed by atoms with Crippen LogP contribution in [0.15, 0.2) is 18.5 Å². The molecule has 0 spiro atoms. The number of amides is 3. The zero-order valence-electron chi connectivity index (χ0n) is 18.9. The molecule has 13 heteroatoms. The van der Waals surface area contributed by atoms with Gasteiger partial charge in [-0.3, -0.25) is 0 Å². The zero-order chi connectivity index (χ0) is 24.8. The molecule has 2 saturated carbocycles. The van der Waals surface area contributed by atoms with Crippen molar-refractivity contribution >= 4 is 17.8 Å². The molecule has 35 heavy (non-hydrogen) atoms. The first-order chi connectivity index (χ1) is 16.6. The van der Waals surface area contributed by atoms with Crippen molar-refractivity contribution in [3.63, 3.8) is 0 Å². The lowest BCUT2D eigenvalue weighted by molar-refractivity contribution is -0.144. The van der Waals surface area contributed by atoms with Crippen LogP contribution in [0.25, 0.3) is 5.65 Å². The van der Waals surface area contributed by atoms with Gasteiger partial charge in [-0.15, -0.1) is 0 Å². The van der Waals surface area contributed by atoms with Crippen molar-refractivity contribution in [1.82, 2.24) is 30.1 Å². The lowest BCUT2D eigenvalue weighted by Crippen LogP contribution is -2.45. The molecule has 1 aliphatic heterocycles. The van der Waals surface area contributed by atoms with Gasteiger partial charge in [-0.25, -0.2) is 36.7 Å². The normalized spacial score (nSPS) is 23.1. The monoisotopic (exact) mass is 498 g/mol. The second-order valence-electron chi connectivity index (χ2n) is 9.59. The average Bonchev–Trinajstić information content (AvgIpc) is 3.36. The Labute approximate surface area is 198 Å². The largest absolute Gasteiger partial charge is 0.446 e. The zero-order valence-corrected chi connectivity index (χ0v) is 18.9. The van der Waals surface area contributed by atoms with Gasteiger partial charge in [-0.1, -0.05) is 0 Å². The van der Waals surface area contributed by atoms with Crippen molar-refractivity contribution in [2.45, 2.75) is 69.1 Å². The Hall–Kier alpha value is -3.12. The van der Waals surface area contributed by atoms with Gasteiger partial charge in [0.25, 0.3) is 5.92 Å². The first-order valence-electron chi connectivity index (χ1n) is 11.7. The summed E-state index contributed by atoms with van der Waals surface area (Å²) in [4.78, 5) is 30.5. The Morgan fingerprint density at radius 1 is 1.23 bits per heavy atom. The molecule has 2 aliphatic carbocycles. The summed E-state index contributed by atoms with van der Waals surface area (Å²) in [5.41, 5.74) is 1.65. The van der Waals surface area contributed by atoms with E-state index in [0.717, 1.165) is 5.56 Å². The van der Waals surface area contributed by atoms with E-state index < -0.39 is 42.9 Å². The standard InChI is InChI=1S/C22H26F4N6O3/c23-21(24)3-1-14(2-4-21)18(30-20(34)35-15-8-22(25,26)9-15)16-12-32-17(29-16)7-13(10-28-32)11-31-6-5-27-19(31)33/h7,10,12,14-15,18H,1-6,8-9,11H2,(H,27,33)(H,30,34). The Kier molecular flexibility index (Phi) is 5.96. The number of fused-ring (bicyclic) bond motifs is 1. The number of alkyl halides is 4. The van der Waals surface area contributed by atoms with Gasteiger partial charge in [0.2, 0.25) is 5.92 Å². The third kappa shape index (κ3) is 5.27. The Bertz CT molecular complexity index is 1110. The van der Waals surface area contributed by atoms with Crippen LogP contribution in [0.4, 0.5) is 27.2 Å². The molecule has 3 aliphatic rings. The second-order valence-corrected chi connectivity index (χ2v) is 9.59. The minimum atomic E-state index is -2.83. The summed E-state index contributed by atoms with van der Waals surface area (Å²) < 4.78 is 60.4. The molecule has 9 nitrogen and oxygen atoms in total. The van der Waals surface area contributed by atoms with Crippen LogP contribution >= 0.6 is 0 Å². The number of carbonyl (C=O) groups excluding carboxylic acids is 2. The predicted molar refractivity (Wildman–Crippen MR) is 114 cm³/mol. The van der Waals surface area contributed by atoms with Crippen LogP contribution in [0.3, 0.4) is 0 Å². The summed E-state index contributed by atoms with van der Waals surface area (Å²) >= 11 is 0. The van der Waals surface area contributed by atoms with Gasteiger partial charge in [0.1, 0.15) is 6.10 Å². The summed E-state index contributed by atoms with van der Waals surface area (Å²) in [6.07, 6.45) is 0.101. The molecule has 0 bridgehead atoms. The molecule has 2 aromatic rings. The number of ether oxygens (including phenoxy) is 1. The smallest absolute Gasteiger partial charge is 0.407 e. The molecule has 1 saturated heterocycles. The summed E-state index contributed by atoms with van der Waals surface area (Å²) in [6, 6.07) is 0.867. The minimum Gasteiger partial charge on any atom is -0.446 e. The van der Waals surface area contributed by atoms with E-state index in [-0.39, 0.29) is 37.6 Å². The number of nitrogens with zero attached hydrogens (tertiary/aromatic N) is 4. The van der Waals surface area contributed by atoms with Crippen molar-refractivity contribution in [1.29, 1.82) is 0 Å². The van der Waals surface area contributed by atoms with Gasteiger partial charge < -0.3 is 20.3 Å². The highest BCUT2D eigenvalue weighted by molar-refractivity contribution is 5.76. The number of urea groups is 1. The lowest BCUT2D eigenvalue weighted by Gasteiger charge is -2.36. The third-order valence-corrected chi connectivity index (χ3v) is 6.87. The fraction of sp³-hybridized carbons (Fsp3) is 0.636. The highest BCUT2D eigenvalue weighted by Crippen LogP contribution is 2.42. The topological polar surface area (TPSA) is 101 Å². The molecule has 3 heterocycles. The SMILES string of the molecule is O=C(NC(c1cn2ncc(CN3CCNC3=O)cc2n1)C1CCC(F)(F)CC1)OC1CC(F)(F)C1. The number of halogens is 4. The molecule has 3 amide bonds. The van der Waals surface area contributed by atoms with Crippen molar-refractivity contribution in [2.24, 2.45) is 5.92 Å². The maximum absolute atomic E-state index is 13.8. The van der Waals surface area contributed by atoms with Crippen LogP contribution in [-0.2, 0) is 11.3 Å². The first kappa shape index (κ1) is 23.6. The molecule has 3 fully saturated rings. The molecule has 2 aromatic heterocycles. The summed E-state index contributed by atoms with van der Waals surface area (Å²) in [7, 11) is 0. The van der Waals surface area contributed by atoms with E-state index in [9.17, 15) is 27.2 Å². The molecule has 0 aromatic carbocycles. The molecule has 0 radical (unpaired) electrons. The second kappa shape index (κ2) is 8.83. The fourth-order valence-electron chi connectivity index (χ4n) is 4.88. The van der Waals surface area contributed by atoms with Crippen molar-refractivity contribution in [3.05, 3.63) is 29.7 Å². The molecule has 5 rings (SSSR count). The number of alkyl carbamates (subject to hydrolysis) is 1. The highest BCUT2D eigenvalue weighted by atomic mass is 19.3. The van der Waals surface area contributed by atoms with Crippen LogP contribution in [0.5, 0.6) is 0 Å². The van der Waals surface area contributed by atoms with E-state index >= 15 is 0 Å². The maximum atomic E-state index is 13.8. The number of nitrogens with one attached hydrogen (secondary N) is 2. The van der Waals surface area contributed by atoms with Crippen molar-refractivity contribution < 1.29 is 31.9 Å². The summed E-state index contributed by atoms with van der Waals surface area (Å²) in [5.74, 6) is -5.92. The number of hydrogen-bond donors (Lipinski definition) is 2. The first-order valence-corrected chi connectivity index (χ1v) is 11.7. The van der Waals surface area contributed by atoms with Crippen LogP contribution in [0.2, 0.25) is 0 Å². The van der Waals surface area contributed by atoms with Gasteiger partial charge in [0.05, 0.1) is 24.1 Å². The van der Waals surface area contributed by atoms with Gasteiger partial charge in [-0.05, 0) is 30.4 Å². The fourth-order valence-corrected chi connectivity index (χ4v) is 4.88. The number of aromatic nitrogens is 3. The number of imidazole rings is 1. The van der Waals surface area contributed by atoms with E-state index in [0.29, 0.717) is 31.0 Å². The highest BCUT2D eigenvalue weighted by Gasteiger charge is 2.48. The molecule has 2 N–H and O–H groups in total. The molecule has 190 valence electrons. The van der Waals surface area contributed by atoms with E-state index in [1.165, 1.54) is 4.52 Å². The molecule has 1 unspecified atom stereocenters. The number of rotatable bonds is 6. The Morgan fingerprint density at radius 3 is 2.63 bits per heavy atom. The Morgan fingerprint density at radius 2 is 1.97 bits per heavy atom. The molecular formula is C22H26F4N6O3. The maximum Gasteiger partial charge on any atom is 0.407 e. The summed E-state index contributed by atoms with van der Waals surface area (Å²) in [5, 5.41) is 9.75. The quantitative estimate of drug-likeness (QED) is 0.593. The van der Waals surface area contributed by atoms with E-state index in [1.807, 2.05) is 0 Å². The van der Waals surface area contributed by atoms with Gasteiger partial charge in [0.15, 0.2) is 5.65 Å². The van der Waals surface area contributed by atoms with Gasteiger partial charge >= 0.3 is 12.1 Å². The summed E-state index contributed by atoms with van der Waals surface area (Å²) in [6.45, 7) is 1.51.